The van der Waals surface area contributed by atoms with Crippen LogP contribution in [0.2, 0.25) is 0 Å². The molecule has 3 N–H and O–H groups in total. The first kappa shape index (κ1) is 5.81. The fraction of sp³-hybridized carbons (Fsp3) is 0. The summed E-state index contributed by atoms with van der Waals surface area (Å²) in [6.45, 7) is 3.28. The molecule has 0 heterocycles. The summed E-state index contributed by atoms with van der Waals surface area (Å²) in [5.74, 6) is 4.84. The number of hydrogen-bond donors (Lipinski definition) is 2. The Morgan fingerprint density at radius 1 is 1.86 bits per heavy atom. The molecule has 0 atom stereocenters. The maximum Gasteiger partial charge on any atom is 0.192 e. The number of amidine groups is 1. The molecule has 4 nitrogen and oxygen atoms in total. The Bertz CT molecular complexity index is 93.5. The van der Waals surface area contributed by atoms with E-state index in [4.69, 9.17) is 11.4 Å². The van der Waals surface area contributed by atoms with Crippen molar-refractivity contribution in [2.24, 2.45) is 16.1 Å². The monoisotopic (exact) mass is 98.1 g/mol. The van der Waals surface area contributed by atoms with Crippen molar-refractivity contribution in [3.05, 3.63) is 12.7 Å². The van der Waals surface area contributed by atoms with E-state index in [1.165, 1.54) is 6.08 Å². The van der Waals surface area contributed by atoms with Crippen molar-refractivity contribution >= 4 is 5.84 Å². The molecule has 0 aromatic heterocycles. The van der Waals surface area contributed by atoms with E-state index < -0.39 is 0 Å². The van der Waals surface area contributed by atoms with Gasteiger partial charge in [0.15, 0.2) is 5.84 Å². The standard InChI is InChI=1S/C3H6N4/c1-2-3(6-4)7-5/h2,4H,1,5H2. The van der Waals surface area contributed by atoms with Crippen LogP contribution in [-0.4, -0.2) is 5.84 Å². The summed E-state index contributed by atoms with van der Waals surface area (Å²) in [5.41, 5.74) is 6.30. The molecular formula is C3H6N4. The average Bonchev–Trinajstić information content (AvgIpc) is 1.72. The second kappa shape index (κ2) is 3.02. The summed E-state index contributed by atoms with van der Waals surface area (Å²) in [6, 6.07) is 0. The van der Waals surface area contributed by atoms with Crippen LogP contribution < -0.4 is 5.84 Å². The van der Waals surface area contributed by atoms with Gasteiger partial charge < -0.3 is 5.84 Å². The molecule has 7 heavy (non-hydrogen) atoms. The number of nitrogens with one attached hydrogen (secondary N) is 1. The third kappa shape index (κ3) is 1.64. The smallest absolute Gasteiger partial charge is 0.192 e. The van der Waals surface area contributed by atoms with Crippen molar-refractivity contribution in [3.63, 3.8) is 0 Å². The lowest BCUT2D eigenvalue weighted by molar-refractivity contribution is 1.14. The van der Waals surface area contributed by atoms with Crippen LogP contribution in [0.15, 0.2) is 22.9 Å². The van der Waals surface area contributed by atoms with E-state index in [0.29, 0.717) is 0 Å². The van der Waals surface area contributed by atoms with Crippen LogP contribution in [0.4, 0.5) is 0 Å². The van der Waals surface area contributed by atoms with Gasteiger partial charge in [-0.3, -0.25) is 0 Å². The van der Waals surface area contributed by atoms with Gasteiger partial charge in [0.1, 0.15) is 0 Å². The highest BCUT2D eigenvalue weighted by atomic mass is 15.2. The van der Waals surface area contributed by atoms with Gasteiger partial charge in [-0.05, 0) is 6.08 Å². The Hall–Kier alpha value is -1.19. The van der Waals surface area contributed by atoms with Crippen molar-refractivity contribution in [1.82, 2.24) is 0 Å². The second-order valence-corrected chi connectivity index (χ2v) is 0.803. The normalized spacial score (nSPS) is 10.6. The minimum atomic E-state index is 0.139. The molecule has 0 spiro atoms. The van der Waals surface area contributed by atoms with Crippen LogP contribution in [0, 0.1) is 5.53 Å². The molecule has 0 bridgehead atoms. The van der Waals surface area contributed by atoms with Gasteiger partial charge in [0.05, 0.1) is 0 Å². The van der Waals surface area contributed by atoms with E-state index in [1.807, 2.05) is 0 Å². The SMILES string of the molecule is C=CC(N=N)=NN. The van der Waals surface area contributed by atoms with Gasteiger partial charge in [0.25, 0.3) is 0 Å². The third-order valence-corrected chi connectivity index (χ3v) is 0.429. The highest BCUT2D eigenvalue weighted by Crippen LogP contribution is 1.74. The number of rotatable bonds is 1. The van der Waals surface area contributed by atoms with Gasteiger partial charge in [-0.2, -0.15) is 5.10 Å². The first-order valence-electron chi connectivity index (χ1n) is 1.63. The van der Waals surface area contributed by atoms with E-state index >= 15 is 0 Å². The molecule has 0 radical (unpaired) electrons. The topological polar surface area (TPSA) is 74.6 Å². The van der Waals surface area contributed by atoms with Gasteiger partial charge in [0, 0.05) is 0 Å². The van der Waals surface area contributed by atoms with Crippen LogP contribution in [0.25, 0.3) is 0 Å². The molecule has 0 aliphatic rings. The molecule has 4 heteroatoms. The molecule has 0 fully saturated rings. The Kier molecular flexibility index (Phi) is 2.50. The third-order valence-electron chi connectivity index (χ3n) is 0.429. The average molecular weight is 98.1 g/mol. The highest BCUT2D eigenvalue weighted by Gasteiger charge is 1.78. The Labute approximate surface area is 41.2 Å². The van der Waals surface area contributed by atoms with E-state index in [9.17, 15) is 0 Å². The van der Waals surface area contributed by atoms with E-state index in [2.05, 4.69) is 16.8 Å². The van der Waals surface area contributed by atoms with E-state index in [0.717, 1.165) is 0 Å². The van der Waals surface area contributed by atoms with Crippen molar-refractivity contribution in [3.8, 4) is 0 Å². The number of hydrogen-bond acceptors (Lipinski definition) is 3. The van der Waals surface area contributed by atoms with Gasteiger partial charge in [-0.15, -0.1) is 5.11 Å². The van der Waals surface area contributed by atoms with E-state index in [-0.39, 0.29) is 5.84 Å². The molecule has 0 aliphatic heterocycles. The minimum absolute atomic E-state index is 0.139. The molecule has 0 aromatic rings. The Morgan fingerprint density at radius 3 is 2.43 bits per heavy atom. The van der Waals surface area contributed by atoms with Gasteiger partial charge in [-0.25, -0.2) is 5.53 Å². The zero-order valence-electron chi connectivity index (χ0n) is 3.76. The largest absolute Gasteiger partial charge is 0.321 e. The summed E-state index contributed by atoms with van der Waals surface area (Å²) in [5, 5.41) is 5.95. The van der Waals surface area contributed by atoms with Crippen molar-refractivity contribution in [2.75, 3.05) is 0 Å². The molecule has 38 valence electrons. The minimum Gasteiger partial charge on any atom is -0.321 e. The van der Waals surface area contributed by atoms with Crippen LogP contribution in [0.3, 0.4) is 0 Å². The van der Waals surface area contributed by atoms with Crippen LogP contribution in [-0.2, 0) is 0 Å². The number of nitrogens with zero attached hydrogens (tertiary/aromatic N) is 2. The molecule has 0 saturated carbocycles. The first-order valence-corrected chi connectivity index (χ1v) is 1.63. The van der Waals surface area contributed by atoms with Gasteiger partial charge >= 0.3 is 0 Å². The molecule has 0 unspecified atom stereocenters. The first-order chi connectivity index (χ1) is 3.35. The molecular weight excluding hydrogens is 92.1 g/mol. The lowest BCUT2D eigenvalue weighted by Crippen LogP contribution is -1.90. The summed E-state index contributed by atoms with van der Waals surface area (Å²) in [6.07, 6.45) is 1.30. The van der Waals surface area contributed by atoms with E-state index in [1.54, 1.807) is 0 Å². The Balaban J connectivity index is 3.85. The summed E-state index contributed by atoms with van der Waals surface area (Å²) < 4.78 is 0. The summed E-state index contributed by atoms with van der Waals surface area (Å²) in [4.78, 5) is 0. The lowest BCUT2D eigenvalue weighted by atomic mass is 10.6. The fourth-order valence-electron chi connectivity index (χ4n) is 0.127. The quantitative estimate of drug-likeness (QED) is 0.162. The molecule has 0 rings (SSSR count). The second-order valence-electron chi connectivity index (χ2n) is 0.803. The predicted octanol–water partition coefficient (Wildman–Crippen LogP) is 0.476. The maximum atomic E-state index is 6.30. The lowest BCUT2D eigenvalue weighted by Gasteiger charge is -1.78. The number of nitrogens with two attached hydrogens (primary N) is 1. The molecule has 0 aliphatic carbocycles. The zero-order chi connectivity index (χ0) is 5.70. The van der Waals surface area contributed by atoms with Crippen molar-refractivity contribution in [2.45, 2.75) is 0 Å². The Morgan fingerprint density at radius 2 is 2.43 bits per heavy atom. The highest BCUT2D eigenvalue weighted by molar-refractivity contribution is 5.92. The summed E-state index contributed by atoms with van der Waals surface area (Å²) >= 11 is 0. The summed E-state index contributed by atoms with van der Waals surface area (Å²) in [7, 11) is 0. The van der Waals surface area contributed by atoms with Crippen molar-refractivity contribution in [1.29, 1.82) is 5.53 Å². The fourth-order valence-corrected chi connectivity index (χ4v) is 0.127. The molecule has 0 saturated heterocycles. The van der Waals surface area contributed by atoms with Crippen LogP contribution in [0.1, 0.15) is 0 Å². The zero-order valence-corrected chi connectivity index (χ0v) is 3.76. The van der Waals surface area contributed by atoms with Crippen LogP contribution in [0.5, 0.6) is 0 Å². The van der Waals surface area contributed by atoms with Crippen molar-refractivity contribution < 1.29 is 0 Å². The van der Waals surface area contributed by atoms with Crippen LogP contribution >= 0.6 is 0 Å². The van der Waals surface area contributed by atoms with Gasteiger partial charge in [0.2, 0.25) is 0 Å². The predicted molar refractivity (Wildman–Crippen MR) is 27.0 cm³/mol. The maximum absolute atomic E-state index is 6.30. The van der Waals surface area contributed by atoms with Gasteiger partial charge in [-0.1, -0.05) is 6.58 Å². The molecule has 0 aromatic carbocycles. The number of hydrazone groups is 1. The molecule has 0 amide bonds.